The van der Waals surface area contributed by atoms with Crippen molar-refractivity contribution in [3.05, 3.63) is 48.5 Å². The Balaban J connectivity index is 1.70. The molecule has 0 spiro atoms. The molecule has 0 atom stereocenters. The van der Waals surface area contributed by atoms with Gasteiger partial charge >= 0.3 is 0 Å². The third-order valence-electron chi connectivity index (χ3n) is 4.90. The van der Waals surface area contributed by atoms with Gasteiger partial charge in [0.15, 0.2) is 23.0 Å². The fraction of sp³-hybridized carbons (Fsp3) is 0. The molecule has 0 aliphatic rings. The van der Waals surface area contributed by atoms with Crippen LogP contribution in [0.1, 0.15) is 0 Å². The average molecular weight is 498 g/mol. The Bertz CT molecular complexity index is 1290. The van der Waals surface area contributed by atoms with Gasteiger partial charge in [-0.2, -0.15) is 0 Å². The minimum Gasteiger partial charge on any atom is -0.508 e. The zero-order chi connectivity index (χ0) is 26.3. The first-order valence-electron chi connectivity index (χ1n) is 9.92. The molecule has 10 N–H and O–H groups in total. The SMILES string of the molecule is Oc1cc(O)c(Oc2cc(O)c(-c3c(O)cc(Oc4c(O)cc(O)cc4O)cc3O)c(O)c2)c(O)c1. The third-order valence-corrected chi connectivity index (χ3v) is 4.90. The maximum Gasteiger partial charge on any atom is 0.210 e. The fourth-order valence-electron chi connectivity index (χ4n) is 3.42. The van der Waals surface area contributed by atoms with E-state index in [9.17, 15) is 51.1 Å². The van der Waals surface area contributed by atoms with E-state index in [0.717, 1.165) is 48.5 Å². The van der Waals surface area contributed by atoms with Gasteiger partial charge in [-0.25, -0.2) is 0 Å². The molecule has 0 aliphatic carbocycles. The summed E-state index contributed by atoms with van der Waals surface area (Å²) in [6.45, 7) is 0. The minimum atomic E-state index is -0.684. The van der Waals surface area contributed by atoms with Crippen molar-refractivity contribution in [3.63, 3.8) is 0 Å². The van der Waals surface area contributed by atoms with Gasteiger partial charge in [0, 0.05) is 48.5 Å². The largest absolute Gasteiger partial charge is 0.508 e. The summed E-state index contributed by atoms with van der Waals surface area (Å²) in [5, 5.41) is 100. The molecule has 186 valence electrons. The van der Waals surface area contributed by atoms with Crippen molar-refractivity contribution in [2.45, 2.75) is 0 Å². The van der Waals surface area contributed by atoms with Crippen LogP contribution >= 0.6 is 0 Å². The maximum absolute atomic E-state index is 10.5. The molecule has 12 heteroatoms. The lowest BCUT2D eigenvalue weighted by molar-refractivity contribution is 0.364. The smallest absolute Gasteiger partial charge is 0.210 e. The first-order valence-corrected chi connectivity index (χ1v) is 9.92. The van der Waals surface area contributed by atoms with E-state index in [0.29, 0.717) is 0 Å². The number of benzene rings is 4. The molecule has 4 rings (SSSR count). The summed E-state index contributed by atoms with van der Waals surface area (Å²) in [6, 6.07) is 7.38. The van der Waals surface area contributed by atoms with Crippen LogP contribution in [0.25, 0.3) is 11.1 Å². The second-order valence-electron chi connectivity index (χ2n) is 7.50. The quantitative estimate of drug-likeness (QED) is 0.189. The van der Waals surface area contributed by atoms with Gasteiger partial charge in [0.25, 0.3) is 0 Å². The molecule has 12 nitrogen and oxygen atoms in total. The second-order valence-corrected chi connectivity index (χ2v) is 7.50. The molecule has 0 aliphatic heterocycles. The molecule has 0 bridgehead atoms. The van der Waals surface area contributed by atoms with Crippen LogP contribution in [-0.4, -0.2) is 51.1 Å². The first kappa shape index (κ1) is 23.6. The number of hydrogen-bond donors (Lipinski definition) is 10. The number of rotatable bonds is 5. The van der Waals surface area contributed by atoms with Crippen molar-refractivity contribution in [1.29, 1.82) is 0 Å². The summed E-state index contributed by atoms with van der Waals surface area (Å²) >= 11 is 0. The summed E-state index contributed by atoms with van der Waals surface area (Å²) in [7, 11) is 0. The zero-order valence-electron chi connectivity index (χ0n) is 17.9. The molecular formula is C24H18O12. The summed E-state index contributed by atoms with van der Waals surface area (Å²) < 4.78 is 10.6. The van der Waals surface area contributed by atoms with Gasteiger partial charge in [-0.3, -0.25) is 0 Å². The lowest BCUT2D eigenvalue weighted by atomic mass is 10.0. The van der Waals surface area contributed by atoms with Crippen molar-refractivity contribution in [3.8, 4) is 91.6 Å². The van der Waals surface area contributed by atoms with E-state index in [2.05, 4.69) is 0 Å². The summed E-state index contributed by atoms with van der Waals surface area (Å²) in [5.74, 6) is -7.62. The highest BCUT2D eigenvalue weighted by Crippen LogP contribution is 2.52. The van der Waals surface area contributed by atoms with Crippen LogP contribution in [0.3, 0.4) is 0 Å². The Hall–Kier alpha value is -5.52. The number of phenols is 10. The van der Waals surface area contributed by atoms with E-state index in [4.69, 9.17) is 9.47 Å². The minimum absolute atomic E-state index is 0.262. The Labute approximate surface area is 201 Å². The summed E-state index contributed by atoms with van der Waals surface area (Å²) in [5.41, 5.74) is -0.836. The van der Waals surface area contributed by atoms with E-state index < -0.39 is 80.1 Å². The van der Waals surface area contributed by atoms with Crippen molar-refractivity contribution in [2.75, 3.05) is 0 Å². The van der Waals surface area contributed by atoms with Crippen molar-refractivity contribution < 1.29 is 60.5 Å². The van der Waals surface area contributed by atoms with Crippen LogP contribution in [0.5, 0.6) is 80.5 Å². The molecule has 36 heavy (non-hydrogen) atoms. The van der Waals surface area contributed by atoms with E-state index in [1.165, 1.54) is 0 Å². The van der Waals surface area contributed by atoms with Crippen LogP contribution in [-0.2, 0) is 0 Å². The molecular weight excluding hydrogens is 480 g/mol. The Morgan fingerprint density at radius 2 is 0.583 bits per heavy atom. The van der Waals surface area contributed by atoms with E-state index in [-0.39, 0.29) is 11.5 Å². The topological polar surface area (TPSA) is 221 Å². The summed E-state index contributed by atoms with van der Waals surface area (Å²) in [6.07, 6.45) is 0. The van der Waals surface area contributed by atoms with Gasteiger partial charge in [0.05, 0.1) is 11.1 Å². The lowest BCUT2D eigenvalue weighted by Gasteiger charge is -2.16. The van der Waals surface area contributed by atoms with Crippen molar-refractivity contribution in [1.82, 2.24) is 0 Å². The summed E-state index contributed by atoms with van der Waals surface area (Å²) in [4.78, 5) is 0. The van der Waals surface area contributed by atoms with Crippen molar-refractivity contribution in [2.24, 2.45) is 0 Å². The van der Waals surface area contributed by atoms with Crippen LogP contribution in [0, 0.1) is 0 Å². The molecule has 0 saturated carbocycles. The first-order chi connectivity index (χ1) is 16.9. The van der Waals surface area contributed by atoms with E-state index in [1.807, 2.05) is 0 Å². The van der Waals surface area contributed by atoms with Gasteiger partial charge < -0.3 is 60.5 Å². The van der Waals surface area contributed by atoms with Crippen molar-refractivity contribution >= 4 is 0 Å². The maximum atomic E-state index is 10.5. The van der Waals surface area contributed by atoms with Gasteiger partial charge in [-0.15, -0.1) is 0 Å². The molecule has 0 radical (unpaired) electrons. The monoisotopic (exact) mass is 498 g/mol. The van der Waals surface area contributed by atoms with Gasteiger partial charge in [-0.05, 0) is 0 Å². The van der Waals surface area contributed by atoms with Gasteiger partial charge in [-0.1, -0.05) is 0 Å². The molecule has 0 unspecified atom stereocenters. The van der Waals surface area contributed by atoms with Crippen LogP contribution in [0.2, 0.25) is 0 Å². The zero-order valence-corrected chi connectivity index (χ0v) is 17.9. The number of phenolic OH excluding ortho intramolecular Hbond substituents is 10. The van der Waals surface area contributed by atoms with Crippen LogP contribution < -0.4 is 9.47 Å². The molecule has 0 fully saturated rings. The number of ether oxygens (including phenoxy) is 2. The second kappa shape index (κ2) is 8.68. The Morgan fingerprint density at radius 3 is 0.833 bits per heavy atom. The highest BCUT2D eigenvalue weighted by molar-refractivity contribution is 5.86. The van der Waals surface area contributed by atoms with E-state index in [1.54, 1.807) is 0 Å². The predicted octanol–water partition coefficient (Wildman–Crippen LogP) is 3.99. The predicted molar refractivity (Wildman–Crippen MR) is 122 cm³/mol. The Kier molecular flexibility index (Phi) is 5.70. The number of aromatic hydroxyl groups is 10. The van der Waals surface area contributed by atoms with Crippen LogP contribution in [0.4, 0.5) is 0 Å². The standard InChI is InChI=1S/C24H18O12/c25-9-1-17(31)23(18(32)2-9)35-11-5-13(27)21(14(28)6-11)22-15(29)7-12(8-16(22)30)36-24-19(33)3-10(26)4-20(24)34/h1-8,25-34H. The molecule has 0 amide bonds. The molecule has 4 aromatic rings. The van der Waals surface area contributed by atoms with Gasteiger partial charge in [0.1, 0.15) is 46.0 Å². The highest BCUT2D eigenvalue weighted by Gasteiger charge is 2.23. The third kappa shape index (κ3) is 4.33. The van der Waals surface area contributed by atoms with E-state index >= 15 is 0 Å². The number of hydrogen-bond acceptors (Lipinski definition) is 12. The lowest BCUT2D eigenvalue weighted by Crippen LogP contribution is -1.91. The molecule has 0 heterocycles. The molecule has 0 aromatic heterocycles. The fourth-order valence-corrected chi connectivity index (χ4v) is 3.42. The highest BCUT2D eigenvalue weighted by atomic mass is 16.5. The van der Waals surface area contributed by atoms with Gasteiger partial charge in [0.2, 0.25) is 11.5 Å². The molecule has 0 saturated heterocycles. The molecule has 4 aromatic carbocycles. The van der Waals surface area contributed by atoms with Crippen LogP contribution in [0.15, 0.2) is 48.5 Å². The average Bonchev–Trinajstić information content (AvgIpc) is 2.74. The normalized spacial score (nSPS) is 10.8. The Morgan fingerprint density at radius 1 is 0.333 bits per heavy atom.